The number of benzene rings is 1. The minimum absolute atomic E-state index is 0.228. The van der Waals surface area contributed by atoms with E-state index < -0.39 is 0 Å². The molecule has 0 N–H and O–H groups in total. The van der Waals surface area contributed by atoms with E-state index in [4.69, 9.17) is 4.74 Å². The van der Waals surface area contributed by atoms with E-state index in [1.807, 2.05) is 6.92 Å². The summed E-state index contributed by atoms with van der Waals surface area (Å²) in [5.41, 5.74) is 1.04. The smallest absolute Gasteiger partial charge is 0.305 e. The topological polar surface area (TPSA) is 35.5 Å². The standard InChI is InChI=1S/C14H19FO3/c1-3-11-7-8-12(15)13(10-11)18-9-5-4-6-14(16)17-2/h7-8,10H,3-6,9H2,1-2H3. The number of halogens is 1. The second-order valence-electron chi connectivity index (χ2n) is 4.00. The highest BCUT2D eigenvalue weighted by molar-refractivity contribution is 5.68. The molecular weight excluding hydrogens is 235 g/mol. The number of carbonyl (C=O) groups excluding carboxylic acids is 1. The van der Waals surface area contributed by atoms with Gasteiger partial charge in [-0.25, -0.2) is 4.39 Å². The summed E-state index contributed by atoms with van der Waals surface area (Å²) in [7, 11) is 1.37. The number of carbonyl (C=O) groups is 1. The maximum atomic E-state index is 13.4. The molecule has 1 aromatic rings. The quantitative estimate of drug-likeness (QED) is 0.554. The summed E-state index contributed by atoms with van der Waals surface area (Å²) in [6, 6.07) is 4.89. The van der Waals surface area contributed by atoms with Crippen molar-refractivity contribution in [1.82, 2.24) is 0 Å². The Morgan fingerprint density at radius 2 is 2.11 bits per heavy atom. The first kappa shape index (κ1) is 14.5. The lowest BCUT2D eigenvalue weighted by Crippen LogP contribution is -2.03. The van der Waals surface area contributed by atoms with E-state index >= 15 is 0 Å². The number of ether oxygens (including phenoxy) is 2. The van der Waals surface area contributed by atoms with Crippen molar-refractivity contribution in [2.24, 2.45) is 0 Å². The molecule has 0 aromatic heterocycles. The van der Waals surface area contributed by atoms with Crippen LogP contribution in [0.25, 0.3) is 0 Å². The minimum atomic E-state index is -0.347. The first-order valence-electron chi connectivity index (χ1n) is 6.15. The zero-order chi connectivity index (χ0) is 13.4. The first-order valence-corrected chi connectivity index (χ1v) is 6.15. The monoisotopic (exact) mass is 254 g/mol. The molecule has 0 heterocycles. The molecule has 0 unspecified atom stereocenters. The van der Waals surface area contributed by atoms with E-state index in [0.29, 0.717) is 25.9 Å². The maximum absolute atomic E-state index is 13.4. The van der Waals surface area contributed by atoms with Crippen LogP contribution in [0.2, 0.25) is 0 Å². The summed E-state index contributed by atoms with van der Waals surface area (Å²) < 4.78 is 23.3. The summed E-state index contributed by atoms with van der Waals surface area (Å²) in [5.74, 6) is -0.290. The zero-order valence-corrected chi connectivity index (χ0v) is 10.9. The molecule has 4 heteroatoms. The van der Waals surface area contributed by atoms with Gasteiger partial charge in [-0.3, -0.25) is 4.79 Å². The molecule has 1 rings (SSSR count). The van der Waals surface area contributed by atoms with E-state index in [9.17, 15) is 9.18 Å². The number of methoxy groups -OCH3 is 1. The van der Waals surface area contributed by atoms with Crippen LogP contribution in [0.15, 0.2) is 18.2 Å². The third kappa shape index (κ3) is 4.73. The predicted molar refractivity (Wildman–Crippen MR) is 67.1 cm³/mol. The Morgan fingerprint density at radius 1 is 1.33 bits per heavy atom. The highest BCUT2D eigenvalue weighted by atomic mass is 19.1. The molecule has 100 valence electrons. The molecule has 0 atom stereocenters. The lowest BCUT2D eigenvalue weighted by Gasteiger charge is -2.08. The van der Waals surface area contributed by atoms with Gasteiger partial charge < -0.3 is 9.47 Å². The molecule has 0 radical (unpaired) electrons. The molecule has 0 saturated heterocycles. The van der Waals surface area contributed by atoms with Crippen molar-refractivity contribution >= 4 is 5.97 Å². The van der Waals surface area contributed by atoms with Gasteiger partial charge in [-0.2, -0.15) is 0 Å². The van der Waals surface area contributed by atoms with Crippen LogP contribution in [0.4, 0.5) is 4.39 Å². The first-order chi connectivity index (χ1) is 8.67. The lowest BCUT2D eigenvalue weighted by molar-refractivity contribution is -0.140. The highest BCUT2D eigenvalue weighted by Crippen LogP contribution is 2.19. The Kier molecular flexibility index (Phi) is 6.19. The van der Waals surface area contributed by atoms with Crippen LogP contribution in [-0.2, 0) is 16.0 Å². The van der Waals surface area contributed by atoms with Gasteiger partial charge in [0.1, 0.15) is 0 Å². The molecule has 0 aliphatic rings. The molecular formula is C14H19FO3. The van der Waals surface area contributed by atoms with Crippen molar-refractivity contribution in [2.45, 2.75) is 32.6 Å². The van der Waals surface area contributed by atoms with E-state index in [1.54, 1.807) is 12.1 Å². The SMILES string of the molecule is CCc1ccc(F)c(OCCCCC(=O)OC)c1. The third-order valence-corrected chi connectivity index (χ3v) is 2.66. The summed E-state index contributed by atoms with van der Waals surface area (Å²) in [4.78, 5) is 10.9. The van der Waals surface area contributed by atoms with Gasteiger partial charge in [0, 0.05) is 6.42 Å². The number of unbranched alkanes of at least 4 members (excludes halogenated alkanes) is 1. The van der Waals surface area contributed by atoms with Crippen molar-refractivity contribution in [3.8, 4) is 5.75 Å². The maximum Gasteiger partial charge on any atom is 0.305 e. The molecule has 1 aromatic carbocycles. The number of hydrogen-bond donors (Lipinski definition) is 0. The van der Waals surface area contributed by atoms with Crippen LogP contribution in [-0.4, -0.2) is 19.7 Å². The van der Waals surface area contributed by atoms with Crippen LogP contribution in [0.5, 0.6) is 5.75 Å². The average molecular weight is 254 g/mol. The molecule has 0 amide bonds. The summed E-state index contributed by atoms with van der Waals surface area (Å²) in [5, 5.41) is 0. The minimum Gasteiger partial charge on any atom is -0.491 e. The largest absolute Gasteiger partial charge is 0.491 e. The van der Waals surface area contributed by atoms with Gasteiger partial charge in [0.05, 0.1) is 13.7 Å². The van der Waals surface area contributed by atoms with Crippen molar-refractivity contribution in [3.63, 3.8) is 0 Å². The van der Waals surface area contributed by atoms with Crippen molar-refractivity contribution in [1.29, 1.82) is 0 Å². The second-order valence-corrected chi connectivity index (χ2v) is 4.00. The van der Waals surface area contributed by atoms with Crippen molar-refractivity contribution in [2.75, 3.05) is 13.7 Å². The summed E-state index contributed by atoms with van der Waals surface area (Å²) in [6.45, 7) is 2.41. The van der Waals surface area contributed by atoms with Crippen molar-refractivity contribution in [3.05, 3.63) is 29.6 Å². The third-order valence-electron chi connectivity index (χ3n) is 2.66. The predicted octanol–water partition coefficient (Wildman–Crippen LogP) is 3.11. The molecule has 0 aliphatic heterocycles. The zero-order valence-electron chi connectivity index (χ0n) is 10.9. The Balaban J connectivity index is 2.32. The Morgan fingerprint density at radius 3 is 2.78 bits per heavy atom. The molecule has 0 saturated carbocycles. The van der Waals surface area contributed by atoms with Gasteiger partial charge >= 0.3 is 5.97 Å². The van der Waals surface area contributed by atoms with Crippen LogP contribution >= 0.6 is 0 Å². The molecule has 0 fully saturated rings. The molecule has 0 bridgehead atoms. The van der Waals surface area contributed by atoms with Crippen LogP contribution in [0, 0.1) is 5.82 Å². The molecule has 3 nitrogen and oxygen atoms in total. The summed E-state index contributed by atoms with van der Waals surface area (Å²) >= 11 is 0. The van der Waals surface area contributed by atoms with Gasteiger partial charge in [-0.05, 0) is 37.0 Å². The molecule has 0 spiro atoms. The number of rotatable bonds is 7. The molecule has 0 aliphatic carbocycles. The van der Waals surface area contributed by atoms with E-state index in [-0.39, 0.29) is 17.5 Å². The van der Waals surface area contributed by atoms with E-state index in [0.717, 1.165) is 12.0 Å². The van der Waals surface area contributed by atoms with E-state index in [1.165, 1.54) is 13.2 Å². The van der Waals surface area contributed by atoms with E-state index in [2.05, 4.69) is 4.74 Å². The second kappa shape index (κ2) is 7.69. The number of esters is 1. The highest BCUT2D eigenvalue weighted by Gasteiger charge is 2.05. The molecule has 18 heavy (non-hydrogen) atoms. The normalized spacial score (nSPS) is 10.2. The van der Waals surface area contributed by atoms with Gasteiger partial charge in [0.2, 0.25) is 0 Å². The fourth-order valence-corrected chi connectivity index (χ4v) is 1.53. The van der Waals surface area contributed by atoms with Crippen LogP contribution in [0.3, 0.4) is 0 Å². The Hall–Kier alpha value is -1.58. The number of aryl methyl sites for hydroxylation is 1. The van der Waals surface area contributed by atoms with Gasteiger partial charge in [-0.1, -0.05) is 13.0 Å². The van der Waals surface area contributed by atoms with Gasteiger partial charge in [0.15, 0.2) is 11.6 Å². The Labute approximate surface area is 107 Å². The van der Waals surface area contributed by atoms with Crippen molar-refractivity contribution < 1.29 is 18.7 Å². The Bertz CT molecular complexity index is 391. The van der Waals surface area contributed by atoms with Crippen LogP contribution in [0.1, 0.15) is 31.7 Å². The van der Waals surface area contributed by atoms with Gasteiger partial charge in [-0.15, -0.1) is 0 Å². The van der Waals surface area contributed by atoms with Crippen LogP contribution < -0.4 is 4.74 Å². The summed E-state index contributed by atoms with van der Waals surface area (Å²) in [6.07, 6.45) is 2.60. The lowest BCUT2D eigenvalue weighted by atomic mass is 10.1. The van der Waals surface area contributed by atoms with Gasteiger partial charge in [0.25, 0.3) is 0 Å². The fraction of sp³-hybridized carbons (Fsp3) is 0.500. The fourth-order valence-electron chi connectivity index (χ4n) is 1.53. The average Bonchev–Trinajstić information content (AvgIpc) is 2.40. The number of hydrogen-bond acceptors (Lipinski definition) is 3.